The predicted octanol–water partition coefficient (Wildman–Crippen LogP) is 0.872. The van der Waals surface area contributed by atoms with Crippen molar-refractivity contribution in [1.29, 1.82) is 0 Å². The van der Waals surface area contributed by atoms with Crippen molar-refractivity contribution in [3.05, 3.63) is 63.1 Å². The fraction of sp³-hybridized carbons (Fsp3) is 0.333. The number of rotatable bonds is 4. The number of benzene rings is 1. The van der Waals surface area contributed by atoms with Crippen LogP contribution in [0.5, 0.6) is 0 Å². The van der Waals surface area contributed by atoms with Crippen LogP contribution in [-0.2, 0) is 18.9 Å². The summed E-state index contributed by atoms with van der Waals surface area (Å²) >= 11 is 0. The second-order valence-electron chi connectivity index (χ2n) is 6.35. The molecule has 0 fully saturated rings. The van der Waals surface area contributed by atoms with Crippen LogP contribution in [-0.4, -0.2) is 24.6 Å². The van der Waals surface area contributed by atoms with E-state index in [0.29, 0.717) is 0 Å². The normalized spacial score (nSPS) is 13.5. The highest BCUT2D eigenvalue weighted by Gasteiger charge is 2.23. The number of hydrogen-bond acceptors (Lipinski definition) is 4. The molecular weight excluding hydrogens is 334 g/mol. The average molecular weight is 355 g/mol. The van der Waals surface area contributed by atoms with E-state index < -0.39 is 17.3 Å². The summed E-state index contributed by atoms with van der Waals surface area (Å²) in [6, 6.07) is 8.79. The molecule has 0 spiro atoms. The molecule has 0 bridgehead atoms. The van der Waals surface area contributed by atoms with E-state index in [1.165, 1.54) is 22.5 Å². The Morgan fingerprint density at radius 2 is 1.73 bits per heavy atom. The van der Waals surface area contributed by atoms with Gasteiger partial charge in [-0.2, -0.15) is 0 Å². The molecule has 0 aliphatic heterocycles. The predicted molar refractivity (Wildman–Crippen MR) is 97.9 cm³/mol. The Morgan fingerprint density at radius 3 is 2.38 bits per heavy atom. The van der Waals surface area contributed by atoms with Crippen LogP contribution < -0.4 is 16.6 Å². The second-order valence-corrected chi connectivity index (χ2v) is 6.35. The zero-order chi connectivity index (χ0) is 19.0. The first-order valence-electron chi connectivity index (χ1n) is 8.30. The summed E-state index contributed by atoms with van der Waals surface area (Å²) in [5.41, 5.74) is 0.541. The Kier molecular flexibility index (Phi) is 4.50. The van der Waals surface area contributed by atoms with Crippen molar-refractivity contribution in [1.82, 2.24) is 24.0 Å². The number of aromatic nitrogens is 4. The van der Waals surface area contributed by atoms with Crippen LogP contribution in [0.1, 0.15) is 31.5 Å². The molecule has 8 heteroatoms. The molecule has 0 saturated heterocycles. The lowest BCUT2D eigenvalue weighted by molar-refractivity contribution is -0.124. The zero-order valence-corrected chi connectivity index (χ0v) is 15.1. The Balaban J connectivity index is 1.95. The molecule has 136 valence electrons. The molecule has 0 unspecified atom stereocenters. The molecule has 1 N–H and O–H groups in total. The molecule has 0 aliphatic carbocycles. The lowest BCUT2D eigenvalue weighted by Gasteiger charge is -2.19. The van der Waals surface area contributed by atoms with Crippen LogP contribution >= 0.6 is 0 Å². The quantitative estimate of drug-likeness (QED) is 0.752. The van der Waals surface area contributed by atoms with Crippen molar-refractivity contribution in [3.63, 3.8) is 0 Å². The van der Waals surface area contributed by atoms with Crippen molar-refractivity contribution in [3.8, 4) is 0 Å². The van der Waals surface area contributed by atoms with E-state index in [9.17, 15) is 14.4 Å². The third-order valence-electron chi connectivity index (χ3n) is 4.63. The number of nitrogens with one attached hydrogen (secondary N) is 1. The lowest BCUT2D eigenvalue weighted by atomic mass is 10.1. The van der Waals surface area contributed by atoms with Crippen LogP contribution in [0.3, 0.4) is 0 Å². The van der Waals surface area contributed by atoms with Crippen molar-refractivity contribution in [2.75, 3.05) is 0 Å². The van der Waals surface area contributed by atoms with E-state index in [4.69, 9.17) is 0 Å². The highest BCUT2D eigenvalue weighted by molar-refractivity contribution is 5.82. The standard InChI is InChI=1S/C18H21N5O3/c1-11(13-8-6-5-7-9-13)20-16(24)12(2)23-10-19-15-14(23)17(25)22(4)18(26)21(15)3/h5-12H,1-4H3,(H,20,24)/t11-,12+/m1/s1. The van der Waals surface area contributed by atoms with Gasteiger partial charge in [0.2, 0.25) is 5.91 Å². The van der Waals surface area contributed by atoms with Crippen LogP contribution in [0.2, 0.25) is 0 Å². The summed E-state index contributed by atoms with van der Waals surface area (Å²) in [5.74, 6) is -0.239. The van der Waals surface area contributed by atoms with Gasteiger partial charge in [0.05, 0.1) is 12.4 Å². The number of fused-ring (bicyclic) bond motifs is 1. The van der Waals surface area contributed by atoms with E-state index in [0.717, 1.165) is 10.1 Å². The van der Waals surface area contributed by atoms with Gasteiger partial charge < -0.3 is 9.88 Å². The van der Waals surface area contributed by atoms with Crippen LogP contribution in [0.15, 0.2) is 46.2 Å². The third kappa shape index (κ3) is 2.83. The summed E-state index contributed by atoms with van der Waals surface area (Å²) in [6.07, 6.45) is 1.42. The van der Waals surface area contributed by atoms with Crippen LogP contribution in [0.25, 0.3) is 11.2 Å². The summed E-state index contributed by atoms with van der Waals surface area (Å²) < 4.78 is 3.81. The van der Waals surface area contributed by atoms with Crippen LogP contribution in [0, 0.1) is 0 Å². The molecule has 3 aromatic rings. The Morgan fingerprint density at radius 1 is 1.08 bits per heavy atom. The average Bonchev–Trinajstić information content (AvgIpc) is 3.09. The van der Waals surface area contributed by atoms with Crippen molar-refractivity contribution in [2.24, 2.45) is 14.1 Å². The summed E-state index contributed by atoms with van der Waals surface area (Å²) in [6.45, 7) is 3.59. The summed E-state index contributed by atoms with van der Waals surface area (Å²) in [5, 5.41) is 2.94. The first-order valence-corrected chi connectivity index (χ1v) is 8.30. The molecule has 2 aromatic heterocycles. The number of carbonyl (C=O) groups is 1. The molecule has 2 heterocycles. The van der Waals surface area contributed by atoms with Gasteiger partial charge in [-0.05, 0) is 19.4 Å². The van der Waals surface area contributed by atoms with E-state index in [1.807, 2.05) is 37.3 Å². The highest BCUT2D eigenvalue weighted by Crippen LogP contribution is 2.16. The fourth-order valence-corrected chi connectivity index (χ4v) is 2.94. The van der Waals surface area contributed by atoms with Gasteiger partial charge >= 0.3 is 5.69 Å². The summed E-state index contributed by atoms with van der Waals surface area (Å²) in [7, 11) is 2.95. The first kappa shape index (κ1) is 17.7. The first-order chi connectivity index (χ1) is 12.3. The van der Waals surface area contributed by atoms with E-state index in [1.54, 1.807) is 14.0 Å². The monoisotopic (exact) mass is 355 g/mol. The number of amides is 1. The van der Waals surface area contributed by atoms with E-state index >= 15 is 0 Å². The van der Waals surface area contributed by atoms with Gasteiger partial charge in [-0.25, -0.2) is 9.78 Å². The largest absolute Gasteiger partial charge is 0.348 e. The maximum atomic E-state index is 12.7. The SMILES string of the molecule is C[C@@H](NC(=O)[C@H](C)n1cnc2c1c(=O)n(C)c(=O)n2C)c1ccccc1. The molecule has 3 rings (SSSR count). The molecule has 0 aliphatic rings. The van der Waals surface area contributed by atoms with Gasteiger partial charge in [0.25, 0.3) is 5.56 Å². The van der Waals surface area contributed by atoms with E-state index in [2.05, 4.69) is 10.3 Å². The topological polar surface area (TPSA) is 90.9 Å². The van der Waals surface area contributed by atoms with Gasteiger partial charge in [0, 0.05) is 14.1 Å². The van der Waals surface area contributed by atoms with Gasteiger partial charge in [0.1, 0.15) is 6.04 Å². The number of nitrogens with zero attached hydrogens (tertiary/aromatic N) is 4. The zero-order valence-electron chi connectivity index (χ0n) is 15.1. The molecular formula is C18H21N5O3. The fourth-order valence-electron chi connectivity index (χ4n) is 2.94. The maximum Gasteiger partial charge on any atom is 0.332 e. The van der Waals surface area contributed by atoms with Crippen molar-refractivity contribution >= 4 is 17.1 Å². The molecule has 1 amide bonds. The minimum Gasteiger partial charge on any atom is -0.348 e. The highest BCUT2D eigenvalue weighted by atomic mass is 16.2. The Bertz CT molecular complexity index is 1080. The molecule has 0 radical (unpaired) electrons. The minimum absolute atomic E-state index is 0.173. The Labute approximate surface area is 149 Å². The smallest absolute Gasteiger partial charge is 0.332 e. The molecule has 1 aromatic carbocycles. The van der Waals surface area contributed by atoms with Gasteiger partial charge in [-0.1, -0.05) is 30.3 Å². The molecule has 8 nitrogen and oxygen atoms in total. The Hall–Kier alpha value is -3.16. The maximum absolute atomic E-state index is 12.7. The van der Waals surface area contributed by atoms with Crippen LogP contribution in [0.4, 0.5) is 0 Å². The van der Waals surface area contributed by atoms with Gasteiger partial charge in [0.15, 0.2) is 11.2 Å². The number of aryl methyl sites for hydroxylation is 1. The number of carbonyl (C=O) groups excluding carboxylic acids is 1. The third-order valence-corrected chi connectivity index (χ3v) is 4.63. The second kappa shape index (κ2) is 6.62. The van der Waals surface area contributed by atoms with Gasteiger partial charge in [-0.3, -0.25) is 18.7 Å². The molecule has 0 saturated carbocycles. The number of hydrogen-bond donors (Lipinski definition) is 1. The lowest BCUT2D eigenvalue weighted by Crippen LogP contribution is -2.39. The number of imidazole rings is 1. The molecule has 2 atom stereocenters. The summed E-state index contributed by atoms with van der Waals surface area (Å²) in [4.78, 5) is 41.4. The minimum atomic E-state index is -0.656. The van der Waals surface area contributed by atoms with Crippen molar-refractivity contribution < 1.29 is 4.79 Å². The van der Waals surface area contributed by atoms with Gasteiger partial charge in [-0.15, -0.1) is 0 Å². The van der Waals surface area contributed by atoms with Crippen molar-refractivity contribution in [2.45, 2.75) is 25.9 Å². The molecule has 26 heavy (non-hydrogen) atoms. The van der Waals surface area contributed by atoms with E-state index in [-0.39, 0.29) is 23.1 Å².